The molecule has 2 aliphatic heterocycles. The van der Waals surface area contributed by atoms with Gasteiger partial charge in [0.1, 0.15) is 5.60 Å². The van der Waals surface area contributed by atoms with Crippen molar-refractivity contribution in [3.05, 3.63) is 0 Å². The molecule has 0 spiro atoms. The van der Waals surface area contributed by atoms with E-state index >= 15 is 0 Å². The van der Waals surface area contributed by atoms with Crippen LogP contribution in [-0.2, 0) is 4.74 Å². The number of likely N-dealkylation sites (tertiary alicyclic amines) is 2. The van der Waals surface area contributed by atoms with Crippen LogP contribution in [0.2, 0.25) is 0 Å². The van der Waals surface area contributed by atoms with Crippen molar-refractivity contribution in [2.45, 2.75) is 64.5 Å². The van der Waals surface area contributed by atoms with Gasteiger partial charge in [-0.2, -0.15) is 0 Å². The predicted molar refractivity (Wildman–Crippen MR) is 133 cm³/mol. The Labute approximate surface area is 200 Å². The van der Waals surface area contributed by atoms with Crippen LogP contribution in [0, 0.1) is 11.8 Å². The van der Waals surface area contributed by atoms with Gasteiger partial charge in [-0.05, 0) is 78.3 Å². The molecule has 0 radical (unpaired) electrons. The van der Waals surface area contributed by atoms with Gasteiger partial charge < -0.3 is 24.8 Å². The zero-order chi connectivity index (χ0) is 21.0. The molecule has 2 saturated heterocycles. The number of carbonyl (C=O) groups excluding carboxylic acids is 1. The second-order valence-electron chi connectivity index (χ2n) is 10.1. The lowest BCUT2D eigenvalue weighted by atomic mass is 10.0. The first kappa shape index (κ1) is 25.5. The van der Waals surface area contributed by atoms with Gasteiger partial charge in [0.2, 0.25) is 0 Å². The molecule has 1 atom stereocenters. The second kappa shape index (κ2) is 11.2. The number of carbonyl (C=O) groups is 1. The highest BCUT2D eigenvalue weighted by Crippen LogP contribution is 2.32. The van der Waals surface area contributed by atoms with Crippen LogP contribution in [0.15, 0.2) is 4.99 Å². The predicted octanol–water partition coefficient (Wildman–Crippen LogP) is 3.24. The molecular weight excluding hydrogens is 493 g/mol. The topological polar surface area (TPSA) is 60.4 Å². The summed E-state index contributed by atoms with van der Waals surface area (Å²) in [5, 5.41) is 3.59. The third-order valence-corrected chi connectivity index (χ3v) is 6.23. The molecule has 8 heteroatoms. The number of hydrogen-bond donors (Lipinski definition) is 1. The molecule has 0 aromatic carbocycles. The number of nitrogens with one attached hydrogen (secondary N) is 1. The molecule has 0 aromatic rings. The zero-order valence-corrected chi connectivity index (χ0v) is 21.9. The summed E-state index contributed by atoms with van der Waals surface area (Å²) in [6, 6.07) is 0.267. The molecular formula is C22H42IN5O2. The van der Waals surface area contributed by atoms with E-state index in [0.717, 1.165) is 51.5 Å². The summed E-state index contributed by atoms with van der Waals surface area (Å²) in [6.45, 7) is 11.9. The van der Waals surface area contributed by atoms with E-state index in [9.17, 15) is 4.79 Å². The summed E-state index contributed by atoms with van der Waals surface area (Å²) in [7, 11) is 4.06. The Bertz CT molecular complexity index is 583. The standard InChI is InChI=1S/C22H41N5O2.HI/c1-22(2,3)29-21(28)27(16-17-6-7-17)19-9-12-26(13-10-19)20(23-4)24-14-18-8-11-25(5)15-18;/h17-19H,6-16H2,1-5H3,(H,23,24);1H. The van der Waals surface area contributed by atoms with Crippen molar-refractivity contribution in [1.82, 2.24) is 20.0 Å². The minimum Gasteiger partial charge on any atom is -0.444 e. The van der Waals surface area contributed by atoms with Gasteiger partial charge in [0.05, 0.1) is 0 Å². The van der Waals surface area contributed by atoms with Gasteiger partial charge in [0, 0.05) is 45.8 Å². The zero-order valence-electron chi connectivity index (χ0n) is 19.5. The maximum absolute atomic E-state index is 12.8. The van der Waals surface area contributed by atoms with E-state index in [0.29, 0.717) is 11.8 Å². The average Bonchev–Trinajstić information content (AvgIpc) is 3.39. The van der Waals surface area contributed by atoms with Crippen molar-refractivity contribution < 1.29 is 9.53 Å². The Hall–Kier alpha value is -0.770. The lowest BCUT2D eigenvalue weighted by Crippen LogP contribution is -2.53. The van der Waals surface area contributed by atoms with Crippen LogP contribution < -0.4 is 5.32 Å². The Balaban J connectivity index is 0.00000320. The third kappa shape index (κ3) is 7.73. The van der Waals surface area contributed by atoms with Gasteiger partial charge in [-0.3, -0.25) is 4.99 Å². The van der Waals surface area contributed by atoms with Crippen LogP contribution in [0.25, 0.3) is 0 Å². The fourth-order valence-corrected chi connectivity index (χ4v) is 4.42. The molecule has 3 rings (SSSR count). The molecule has 3 fully saturated rings. The molecule has 3 aliphatic rings. The number of aliphatic imine (C=N–C) groups is 1. The largest absolute Gasteiger partial charge is 0.444 e. The van der Waals surface area contributed by atoms with Crippen LogP contribution in [0.3, 0.4) is 0 Å². The minimum atomic E-state index is -0.445. The highest BCUT2D eigenvalue weighted by atomic mass is 127. The first-order valence-electron chi connectivity index (χ1n) is 11.4. The number of hydrogen-bond acceptors (Lipinski definition) is 4. The van der Waals surface area contributed by atoms with E-state index in [1.54, 1.807) is 0 Å². The van der Waals surface area contributed by atoms with Gasteiger partial charge in [0.25, 0.3) is 0 Å². The summed E-state index contributed by atoms with van der Waals surface area (Å²) < 4.78 is 5.71. The van der Waals surface area contributed by atoms with E-state index in [2.05, 4.69) is 27.2 Å². The van der Waals surface area contributed by atoms with Gasteiger partial charge in [-0.15, -0.1) is 24.0 Å². The normalized spacial score (nSPS) is 23.8. The molecule has 1 N–H and O–H groups in total. The summed E-state index contributed by atoms with van der Waals surface area (Å²) in [5.74, 6) is 2.37. The second-order valence-corrected chi connectivity index (χ2v) is 10.1. The average molecular weight is 536 g/mol. The van der Waals surface area contributed by atoms with Crippen LogP contribution >= 0.6 is 24.0 Å². The number of nitrogens with zero attached hydrogens (tertiary/aromatic N) is 4. The molecule has 7 nitrogen and oxygen atoms in total. The molecule has 1 amide bonds. The van der Waals surface area contributed by atoms with Crippen molar-refractivity contribution in [1.29, 1.82) is 0 Å². The SMILES string of the molecule is CN=C(NCC1CCN(C)C1)N1CCC(N(CC2CC2)C(=O)OC(C)(C)C)CC1.I. The van der Waals surface area contributed by atoms with Crippen LogP contribution in [0.5, 0.6) is 0 Å². The lowest BCUT2D eigenvalue weighted by molar-refractivity contribution is 0.00928. The molecule has 30 heavy (non-hydrogen) atoms. The van der Waals surface area contributed by atoms with E-state index in [1.807, 2.05) is 32.7 Å². The number of guanidine groups is 1. The Morgan fingerprint density at radius 2 is 1.77 bits per heavy atom. The van der Waals surface area contributed by atoms with Crippen molar-refractivity contribution >= 4 is 36.0 Å². The Kier molecular flexibility index (Phi) is 9.52. The highest BCUT2D eigenvalue weighted by molar-refractivity contribution is 14.0. The molecule has 0 aromatic heterocycles. The summed E-state index contributed by atoms with van der Waals surface area (Å²) >= 11 is 0. The molecule has 0 bridgehead atoms. The number of amides is 1. The molecule has 1 saturated carbocycles. The van der Waals surface area contributed by atoms with Crippen LogP contribution in [0.4, 0.5) is 4.79 Å². The number of rotatable bonds is 5. The van der Waals surface area contributed by atoms with Crippen molar-refractivity contribution in [3.63, 3.8) is 0 Å². The molecule has 174 valence electrons. The summed E-state index contributed by atoms with van der Waals surface area (Å²) in [6.07, 6.45) is 5.54. The van der Waals surface area contributed by atoms with Gasteiger partial charge >= 0.3 is 6.09 Å². The summed E-state index contributed by atoms with van der Waals surface area (Å²) in [4.78, 5) is 24.1. The Morgan fingerprint density at radius 3 is 2.27 bits per heavy atom. The number of piperidine rings is 1. The van der Waals surface area contributed by atoms with Gasteiger partial charge in [-0.25, -0.2) is 4.79 Å². The van der Waals surface area contributed by atoms with Crippen molar-refractivity contribution in [2.24, 2.45) is 16.8 Å². The van der Waals surface area contributed by atoms with Gasteiger partial charge in [-0.1, -0.05) is 0 Å². The van der Waals surface area contributed by atoms with Crippen molar-refractivity contribution in [3.8, 4) is 0 Å². The first-order chi connectivity index (χ1) is 13.7. The van der Waals surface area contributed by atoms with Crippen molar-refractivity contribution in [2.75, 3.05) is 53.4 Å². The van der Waals surface area contributed by atoms with E-state index in [1.165, 1.54) is 25.8 Å². The third-order valence-electron chi connectivity index (χ3n) is 6.23. The smallest absolute Gasteiger partial charge is 0.410 e. The van der Waals surface area contributed by atoms with E-state index in [-0.39, 0.29) is 36.1 Å². The maximum atomic E-state index is 12.8. The van der Waals surface area contributed by atoms with Crippen LogP contribution in [-0.4, -0.2) is 91.8 Å². The quantitative estimate of drug-likeness (QED) is 0.333. The van der Waals surface area contributed by atoms with Gasteiger partial charge in [0.15, 0.2) is 5.96 Å². The summed E-state index contributed by atoms with van der Waals surface area (Å²) in [5.41, 5.74) is -0.445. The van der Waals surface area contributed by atoms with Crippen LogP contribution in [0.1, 0.15) is 52.9 Å². The van der Waals surface area contributed by atoms with E-state index < -0.39 is 5.60 Å². The monoisotopic (exact) mass is 535 g/mol. The Morgan fingerprint density at radius 1 is 1.10 bits per heavy atom. The number of halogens is 1. The molecule has 1 aliphatic carbocycles. The highest BCUT2D eigenvalue weighted by Gasteiger charge is 2.35. The fourth-order valence-electron chi connectivity index (χ4n) is 4.42. The molecule has 2 heterocycles. The maximum Gasteiger partial charge on any atom is 0.410 e. The van der Waals surface area contributed by atoms with E-state index in [4.69, 9.17) is 4.74 Å². The fraction of sp³-hybridized carbons (Fsp3) is 0.909. The first-order valence-corrected chi connectivity index (χ1v) is 11.4. The minimum absolute atomic E-state index is 0. The lowest BCUT2D eigenvalue weighted by Gasteiger charge is -2.40. The number of ether oxygens (including phenoxy) is 1. The molecule has 1 unspecified atom stereocenters.